The first kappa shape index (κ1) is 23.3. The fourth-order valence-electron chi connectivity index (χ4n) is 3.57. The van der Waals surface area contributed by atoms with Crippen LogP contribution in [0.2, 0.25) is 0 Å². The van der Waals surface area contributed by atoms with Crippen LogP contribution in [0.4, 0.5) is 5.69 Å². The SMILES string of the molecule is CC(Sc1nnc(-c2cccs2)n1C(C)c1ccccc1)C(=O)Nc1ccc(C(C)C)cc1. The fraction of sp³-hybridized carbons (Fsp3) is 0.269. The smallest absolute Gasteiger partial charge is 0.237 e. The molecule has 170 valence electrons. The molecular weight excluding hydrogens is 448 g/mol. The highest BCUT2D eigenvalue weighted by atomic mass is 32.2. The van der Waals surface area contributed by atoms with Crippen molar-refractivity contribution >= 4 is 34.7 Å². The number of hydrogen-bond donors (Lipinski definition) is 1. The number of nitrogens with one attached hydrogen (secondary N) is 1. The van der Waals surface area contributed by atoms with Gasteiger partial charge < -0.3 is 5.32 Å². The lowest BCUT2D eigenvalue weighted by molar-refractivity contribution is -0.115. The molecule has 1 N–H and O–H groups in total. The summed E-state index contributed by atoms with van der Waals surface area (Å²) in [5.74, 6) is 1.22. The van der Waals surface area contributed by atoms with Crippen molar-refractivity contribution in [3.05, 3.63) is 83.2 Å². The fourth-order valence-corrected chi connectivity index (χ4v) is 5.20. The van der Waals surface area contributed by atoms with Gasteiger partial charge in [0.2, 0.25) is 5.91 Å². The number of thioether (sulfide) groups is 1. The van der Waals surface area contributed by atoms with E-state index >= 15 is 0 Å². The number of anilines is 1. The Bertz CT molecular complexity index is 1190. The number of carbonyl (C=O) groups is 1. The highest BCUT2D eigenvalue weighted by Crippen LogP contribution is 2.34. The summed E-state index contributed by atoms with van der Waals surface area (Å²) < 4.78 is 2.13. The standard InChI is InChI=1S/C26H28N4OS2/c1-17(2)20-12-14-22(15-13-20)27-25(31)19(4)33-26-29-28-24(23-11-8-16-32-23)30(26)18(3)21-9-6-5-7-10-21/h5-19H,1-4H3,(H,27,31). The molecule has 7 heteroatoms. The highest BCUT2D eigenvalue weighted by molar-refractivity contribution is 8.00. The molecule has 2 atom stereocenters. The molecule has 0 spiro atoms. The van der Waals surface area contributed by atoms with Crippen LogP contribution in [-0.4, -0.2) is 25.9 Å². The second-order valence-corrected chi connectivity index (χ2v) is 10.5. The van der Waals surface area contributed by atoms with E-state index in [1.807, 2.05) is 54.8 Å². The molecule has 0 saturated carbocycles. The predicted octanol–water partition coefficient (Wildman–Crippen LogP) is 6.86. The summed E-state index contributed by atoms with van der Waals surface area (Å²) in [6.07, 6.45) is 0. The third-order valence-corrected chi connectivity index (χ3v) is 7.49. The Labute approximate surface area is 203 Å². The Morgan fingerprint density at radius 3 is 2.27 bits per heavy atom. The van der Waals surface area contributed by atoms with Crippen molar-refractivity contribution in [2.45, 2.75) is 50.1 Å². The van der Waals surface area contributed by atoms with Crippen molar-refractivity contribution < 1.29 is 4.79 Å². The minimum atomic E-state index is -0.336. The largest absolute Gasteiger partial charge is 0.325 e. The molecular formula is C26H28N4OS2. The number of carbonyl (C=O) groups excluding carboxylic acids is 1. The van der Waals surface area contributed by atoms with E-state index in [9.17, 15) is 4.79 Å². The van der Waals surface area contributed by atoms with Gasteiger partial charge in [0.25, 0.3) is 0 Å². The van der Waals surface area contributed by atoms with E-state index in [0.717, 1.165) is 21.5 Å². The van der Waals surface area contributed by atoms with Crippen LogP contribution in [-0.2, 0) is 4.79 Å². The van der Waals surface area contributed by atoms with Crippen LogP contribution in [0.25, 0.3) is 10.7 Å². The lowest BCUT2D eigenvalue weighted by atomic mass is 10.0. The summed E-state index contributed by atoms with van der Waals surface area (Å²) in [5.41, 5.74) is 3.22. The molecule has 0 radical (unpaired) electrons. The molecule has 0 aliphatic heterocycles. The van der Waals surface area contributed by atoms with Crippen LogP contribution in [0.1, 0.15) is 50.8 Å². The van der Waals surface area contributed by atoms with E-state index in [4.69, 9.17) is 0 Å². The normalized spacial score (nSPS) is 13.1. The van der Waals surface area contributed by atoms with E-state index in [1.54, 1.807) is 11.3 Å². The third kappa shape index (κ3) is 5.37. The van der Waals surface area contributed by atoms with Crippen molar-refractivity contribution in [3.8, 4) is 10.7 Å². The van der Waals surface area contributed by atoms with Gasteiger partial charge in [0.15, 0.2) is 11.0 Å². The van der Waals surface area contributed by atoms with Crippen LogP contribution < -0.4 is 5.32 Å². The number of aromatic nitrogens is 3. The number of nitrogens with zero attached hydrogens (tertiary/aromatic N) is 3. The number of rotatable bonds is 8. The summed E-state index contributed by atoms with van der Waals surface area (Å²) in [7, 11) is 0. The first-order valence-corrected chi connectivity index (χ1v) is 12.8. The quantitative estimate of drug-likeness (QED) is 0.282. The summed E-state index contributed by atoms with van der Waals surface area (Å²) >= 11 is 3.06. The lowest BCUT2D eigenvalue weighted by Crippen LogP contribution is -2.23. The summed E-state index contributed by atoms with van der Waals surface area (Å²) in [6, 6.07) is 22.4. The molecule has 33 heavy (non-hydrogen) atoms. The van der Waals surface area contributed by atoms with Crippen LogP contribution in [0.5, 0.6) is 0 Å². The number of amides is 1. The van der Waals surface area contributed by atoms with Crippen molar-refractivity contribution in [2.75, 3.05) is 5.32 Å². The van der Waals surface area contributed by atoms with E-state index in [-0.39, 0.29) is 17.2 Å². The summed E-state index contributed by atoms with van der Waals surface area (Å²) in [4.78, 5) is 14.0. The second kappa shape index (κ2) is 10.4. The minimum absolute atomic E-state index is 0.0274. The van der Waals surface area contributed by atoms with Crippen molar-refractivity contribution in [2.24, 2.45) is 0 Å². The molecule has 4 rings (SSSR count). The minimum Gasteiger partial charge on any atom is -0.325 e. The van der Waals surface area contributed by atoms with Gasteiger partial charge in [-0.2, -0.15) is 0 Å². The van der Waals surface area contributed by atoms with E-state index in [2.05, 4.69) is 65.1 Å². The molecule has 0 saturated heterocycles. The van der Waals surface area contributed by atoms with E-state index in [1.165, 1.54) is 22.9 Å². The highest BCUT2D eigenvalue weighted by Gasteiger charge is 2.24. The summed E-state index contributed by atoms with van der Waals surface area (Å²) in [5, 5.41) is 14.4. The molecule has 4 aromatic rings. The molecule has 2 unspecified atom stereocenters. The average molecular weight is 477 g/mol. The van der Waals surface area contributed by atoms with Gasteiger partial charge in [0.05, 0.1) is 16.2 Å². The Balaban J connectivity index is 1.56. The number of hydrogen-bond acceptors (Lipinski definition) is 5. The number of thiophene rings is 1. The molecule has 0 bridgehead atoms. The number of benzene rings is 2. The van der Waals surface area contributed by atoms with Gasteiger partial charge in [-0.15, -0.1) is 21.5 Å². The maximum Gasteiger partial charge on any atom is 0.237 e. The third-order valence-electron chi connectivity index (χ3n) is 5.57. The van der Waals surface area contributed by atoms with Gasteiger partial charge in [-0.1, -0.05) is 74.1 Å². The second-order valence-electron chi connectivity index (χ2n) is 8.27. The predicted molar refractivity (Wildman–Crippen MR) is 138 cm³/mol. The van der Waals surface area contributed by atoms with Crippen molar-refractivity contribution in [1.29, 1.82) is 0 Å². The first-order valence-electron chi connectivity index (χ1n) is 11.0. The Morgan fingerprint density at radius 1 is 0.909 bits per heavy atom. The maximum atomic E-state index is 12.9. The van der Waals surface area contributed by atoms with Gasteiger partial charge in [-0.3, -0.25) is 9.36 Å². The van der Waals surface area contributed by atoms with Gasteiger partial charge in [-0.05, 0) is 54.5 Å². The van der Waals surface area contributed by atoms with Crippen molar-refractivity contribution in [3.63, 3.8) is 0 Å². The Morgan fingerprint density at radius 2 is 1.64 bits per heavy atom. The maximum absolute atomic E-state index is 12.9. The molecule has 0 aliphatic rings. The Kier molecular flexibility index (Phi) is 7.30. The lowest BCUT2D eigenvalue weighted by Gasteiger charge is -2.19. The molecule has 5 nitrogen and oxygen atoms in total. The monoisotopic (exact) mass is 476 g/mol. The van der Waals surface area contributed by atoms with Gasteiger partial charge in [0, 0.05) is 5.69 Å². The molecule has 0 aliphatic carbocycles. The first-order chi connectivity index (χ1) is 15.9. The van der Waals surface area contributed by atoms with Crippen LogP contribution in [0, 0.1) is 0 Å². The zero-order valence-electron chi connectivity index (χ0n) is 19.2. The molecule has 2 heterocycles. The van der Waals surface area contributed by atoms with E-state index in [0.29, 0.717) is 5.92 Å². The van der Waals surface area contributed by atoms with Crippen molar-refractivity contribution in [1.82, 2.24) is 14.8 Å². The van der Waals surface area contributed by atoms with Crippen LogP contribution in [0.15, 0.2) is 77.3 Å². The Hall–Kier alpha value is -2.90. The van der Waals surface area contributed by atoms with E-state index < -0.39 is 0 Å². The van der Waals surface area contributed by atoms with Gasteiger partial charge >= 0.3 is 0 Å². The van der Waals surface area contributed by atoms with Crippen LogP contribution >= 0.6 is 23.1 Å². The zero-order valence-corrected chi connectivity index (χ0v) is 20.9. The van der Waals surface area contributed by atoms with Crippen LogP contribution in [0.3, 0.4) is 0 Å². The molecule has 2 aromatic carbocycles. The summed E-state index contributed by atoms with van der Waals surface area (Å²) in [6.45, 7) is 8.35. The van der Waals surface area contributed by atoms with Gasteiger partial charge in [-0.25, -0.2) is 0 Å². The molecule has 1 amide bonds. The topological polar surface area (TPSA) is 59.8 Å². The zero-order chi connectivity index (χ0) is 23.4. The molecule has 2 aromatic heterocycles. The molecule has 0 fully saturated rings. The van der Waals surface area contributed by atoms with Gasteiger partial charge in [0.1, 0.15) is 0 Å². The average Bonchev–Trinajstić information content (AvgIpc) is 3.49.